The van der Waals surface area contributed by atoms with Crippen molar-refractivity contribution < 1.29 is 9.59 Å². The molecule has 27 heavy (non-hydrogen) atoms. The number of halogens is 1. The molecule has 7 heteroatoms. The maximum atomic E-state index is 12.7. The fourth-order valence-corrected chi connectivity index (χ4v) is 3.26. The van der Waals surface area contributed by atoms with E-state index in [0.29, 0.717) is 18.1 Å². The van der Waals surface area contributed by atoms with Crippen molar-refractivity contribution in [2.75, 3.05) is 38.1 Å². The van der Waals surface area contributed by atoms with Gasteiger partial charge in [0.1, 0.15) is 6.54 Å². The van der Waals surface area contributed by atoms with Crippen LogP contribution in [0.1, 0.15) is 11.1 Å². The number of anilines is 1. The standard InChI is InChI=1S/C20H21ClN4O2/c1-24(13-18(22)26)9-10-25-17-8-7-15(21)11-16(17)20(23-12-19(25)27)14-5-3-2-4-6-14/h2-8,11H,9-10,12-13H2,1H3,(H2,22,26). The van der Waals surface area contributed by atoms with Crippen LogP contribution in [0.3, 0.4) is 0 Å². The Hall–Kier alpha value is -2.70. The molecule has 0 aliphatic carbocycles. The average Bonchev–Trinajstić information content (AvgIpc) is 2.76. The number of hydrogen-bond donors (Lipinski definition) is 1. The Kier molecular flexibility index (Phi) is 5.88. The van der Waals surface area contributed by atoms with Crippen molar-refractivity contribution in [3.63, 3.8) is 0 Å². The molecule has 1 aliphatic heterocycles. The third-order valence-electron chi connectivity index (χ3n) is 4.36. The second-order valence-corrected chi connectivity index (χ2v) is 6.88. The summed E-state index contributed by atoms with van der Waals surface area (Å²) in [4.78, 5) is 31.9. The Bertz CT molecular complexity index is 883. The highest BCUT2D eigenvalue weighted by Crippen LogP contribution is 2.29. The summed E-state index contributed by atoms with van der Waals surface area (Å²) in [6.45, 7) is 1.13. The number of benzene rings is 2. The van der Waals surface area contributed by atoms with Gasteiger partial charge in [0.2, 0.25) is 11.8 Å². The van der Waals surface area contributed by atoms with Gasteiger partial charge in [-0.05, 0) is 25.2 Å². The molecule has 140 valence electrons. The number of carbonyl (C=O) groups excluding carboxylic acids is 2. The SMILES string of the molecule is CN(CCN1C(=O)CN=C(c2ccccc2)c2cc(Cl)ccc21)CC(N)=O. The lowest BCUT2D eigenvalue weighted by atomic mass is 10.00. The normalized spacial score (nSPS) is 14.0. The second kappa shape index (κ2) is 8.33. The van der Waals surface area contributed by atoms with E-state index in [2.05, 4.69) is 4.99 Å². The molecule has 3 rings (SSSR count). The minimum absolute atomic E-state index is 0.0516. The van der Waals surface area contributed by atoms with E-state index in [4.69, 9.17) is 17.3 Å². The van der Waals surface area contributed by atoms with Gasteiger partial charge in [0, 0.05) is 29.2 Å². The fourth-order valence-electron chi connectivity index (χ4n) is 3.09. The summed E-state index contributed by atoms with van der Waals surface area (Å²) in [6.07, 6.45) is 0. The molecule has 6 nitrogen and oxygen atoms in total. The highest BCUT2D eigenvalue weighted by molar-refractivity contribution is 6.32. The van der Waals surface area contributed by atoms with Crippen LogP contribution in [0.25, 0.3) is 0 Å². The van der Waals surface area contributed by atoms with Crippen LogP contribution in [-0.2, 0) is 9.59 Å². The first-order valence-corrected chi connectivity index (χ1v) is 9.00. The molecule has 2 amide bonds. The van der Waals surface area contributed by atoms with Crippen molar-refractivity contribution >= 4 is 34.8 Å². The first-order valence-electron chi connectivity index (χ1n) is 8.62. The van der Waals surface area contributed by atoms with Gasteiger partial charge in [-0.15, -0.1) is 0 Å². The van der Waals surface area contributed by atoms with Crippen molar-refractivity contribution in [1.29, 1.82) is 0 Å². The molecule has 0 atom stereocenters. The molecule has 0 fully saturated rings. The Morgan fingerprint density at radius 3 is 2.70 bits per heavy atom. The number of rotatable bonds is 6. The number of likely N-dealkylation sites (N-methyl/N-ethyl adjacent to an activating group) is 1. The summed E-state index contributed by atoms with van der Waals surface area (Å²) in [7, 11) is 1.79. The van der Waals surface area contributed by atoms with Gasteiger partial charge in [-0.3, -0.25) is 19.5 Å². The summed E-state index contributed by atoms with van der Waals surface area (Å²) in [6, 6.07) is 15.2. The van der Waals surface area contributed by atoms with Crippen LogP contribution in [0.2, 0.25) is 5.02 Å². The van der Waals surface area contributed by atoms with Gasteiger partial charge >= 0.3 is 0 Å². The van der Waals surface area contributed by atoms with Crippen LogP contribution in [0.15, 0.2) is 53.5 Å². The van der Waals surface area contributed by atoms with Gasteiger partial charge in [-0.2, -0.15) is 0 Å². The molecular formula is C20H21ClN4O2. The monoisotopic (exact) mass is 384 g/mol. The van der Waals surface area contributed by atoms with Crippen molar-refractivity contribution in [3.05, 3.63) is 64.7 Å². The van der Waals surface area contributed by atoms with Crippen LogP contribution < -0.4 is 10.6 Å². The Balaban J connectivity index is 1.95. The smallest absolute Gasteiger partial charge is 0.248 e. The molecule has 0 unspecified atom stereocenters. The van der Waals surface area contributed by atoms with Gasteiger partial charge in [0.25, 0.3) is 0 Å². The summed E-state index contributed by atoms with van der Waals surface area (Å²) in [5.41, 5.74) is 8.49. The predicted octanol–water partition coefficient (Wildman–Crippen LogP) is 1.94. The second-order valence-electron chi connectivity index (χ2n) is 6.44. The van der Waals surface area contributed by atoms with E-state index in [0.717, 1.165) is 22.5 Å². The number of primary amides is 1. The van der Waals surface area contributed by atoms with Crippen LogP contribution in [0.4, 0.5) is 5.69 Å². The van der Waals surface area contributed by atoms with E-state index in [1.165, 1.54) is 0 Å². The number of benzodiazepines with no additional fused rings is 1. The van der Waals surface area contributed by atoms with Crippen molar-refractivity contribution in [1.82, 2.24) is 4.90 Å². The van der Waals surface area contributed by atoms with Gasteiger partial charge in [-0.1, -0.05) is 41.9 Å². The molecule has 2 aromatic rings. The number of fused-ring (bicyclic) bond motifs is 1. The maximum absolute atomic E-state index is 12.7. The lowest BCUT2D eigenvalue weighted by Crippen LogP contribution is -2.41. The fraction of sp³-hybridized carbons (Fsp3) is 0.250. The van der Waals surface area contributed by atoms with Gasteiger partial charge in [0.15, 0.2) is 0 Å². The van der Waals surface area contributed by atoms with E-state index in [1.54, 1.807) is 22.9 Å². The average molecular weight is 385 g/mol. The molecule has 1 aliphatic rings. The molecule has 2 N–H and O–H groups in total. The van der Waals surface area contributed by atoms with E-state index in [1.807, 2.05) is 42.5 Å². The predicted molar refractivity (Wildman–Crippen MR) is 107 cm³/mol. The zero-order valence-corrected chi connectivity index (χ0v) is 15.8. The maximum Gasteiger partial charge on any atom is 0.248 e. The van der Waals surface area contributed by atoms with Crippen LogP contribution >= 0.6 is 11.6 Å². The van der Waals surface area contributed by atoms with Crippen LogP contribution in [0.5, 0.6) is 0 Å². The molecule has 0 radical (unpaired) electrons. The lowest BCUT2D eigenvalue weighted by Gasteiger charge is -2.25. The molecule has 0 bridgehead atoms. The number of hydrogen-bond acceptors (Lipinski definition) is 4. The van der Waals surface area contributed by atoms with Crippen molar-refractivity contribution in [3.8, 4) is 0 Å². The molecule has 1 heterocycles. The molecule has 0 spiro atoms. The first kappa shape index (κ1) is 19.1. The summed E-state index contributed by atoms with van der Waals surface area (Å²) >= 11 is 6.23. The Morgan fingerprint density at radius 2 is 2.00 bits per heavy atom. The minimum atomic E-state index is -0.401. The van der Waals surface area contributed by atoms with E-state index in [9.17, 15) is 9.59 Å². The number of nitrogens with two attached hydrogens (primary N) is 1. The number of carbonyl (C=O) groups is 2. The molecule has 0 saturated carbocycles. The van der Waals surface area contributed by atoms with Gasteiger partial charge in [0.05, 0.1) is 17.9 Å². The highest BCUT2D eigenvalue weighted by atomic mass is 35.5. The summed E-state index contributed by atoms with van der Waals surface area (Å²) < 4.78 is 0. The Labute approximate surface area is 163 Å². The largest absolute Gasteiger partial charge is 0.369 e. The van der Waals surface area contributed by atoms with Crippen LogP contribution in [0, 0.1) is 0 Å². The number of amides is 2. The van der Waals surface area contributed by atoms with Crippen molar-refractivity contribution in [2.45, 2.75) is 0 Å². The number of nitrogens with zero attached hydrogens (tertiary/aromatic N) is 3. The summed E-state index contributed by atoms with van der Waals surface area (Å²) in [5, 5.41) is 0.581. The zero-order valence-electron chi connectivity index (χ0n) is 15.1. The highest BCUT2D eigenvalue weighted by Gasteiger charge is 2.25. The Morgan fingerprint density at radius 1 is 1.26 bits per heavy atom. The van der Waals surface area contributed by atoms with Gasteiger partial charge in [-0.25, -0.2) is 0 Å². The number of aliphatic imine (C=N–C) groups is 1. The minimum Gasteiger partial charge on any atom is -0.369 e. The van der Waals surface area contributed by atoms with E-state index >= 15 is 0 Å². The molecule has 0 saturated heterocycles. The molecule has 0 aromatic heterocycles. The summed E-state index contributed by atoms with van der Waals surface area (Å²) in [5.74, 6) is -0.501. The van der Waals surface area contributed by atoms with E-state index in [-0.39, 0.29) is 19.0 Å². The quantitative estimate of drug-likeness (QED) is 0.826. The zero-order chi connectivity index (χ0) is 19.4. The molecular weight excluding hydrogens is 364 g/mol. The van der Waals surface area contributed by atoms with Crippen molar-refractivity contribution in [2.24, 2.45) is 10.7 Å². The third kappa shape index (κ3) is 4.53. The lowest BCUT2D eigenvalue weighted by molar-refractivity contribution is -0.118. The molecule has 2 aromatic carbocycles. The topological polar surface area (TPSA) is 79.0 Å². The van der Waals surface area contributed by atoms with E-state index < -0.39 is 5.91 Å². The third-order valence-corrected chi connectivity index (χ3v) is 4.59. The van der Waals surface area contributed by atoms with Gasteiger partial charge < -0.3 is 10.6 Å². The first-order chi connectivity index (χ1) is 13.0. The van der Waals surface area contributed by atoms with Crippen LogP contribution in [-0.4, -0.2) is 55.7 Å².